The fraction of sp³-hybridized carbons (Fsp3) is 0.0667. The number of aryl methyl sites for hydroxylation is 1. The van der Waals surface area contributed by atoms with E-state index in [1.807, 2.05) is 0 Å². The summed E-state index contributed by atoms with van der Waals surface area (Å²) in [5.41, 5.74) is 1.62. The number of carbonyl (C=O) groups is 1. The molecule has 3 N–H and O–H groups in total. The van der Waals surface area contributed by atoms with E-state index in [9.17, 15) is 9.90 Å². The van der Waals surface area contributed by atoms with Crippen LogP contribution in [0.4, 0.5) is 5.69 Å². The molecule has 0 unspecified atom stereocenters. The topological polar surface area (TPSA) is 61.4 Å². The number of hydrogen-bond donors (Lipinski definition) is 3. The van der Waals surface area contributed by atoms with Gasteiger partial charge >= 0.3 is 0 Å². The predicted octanol–water partition coefficient (Wildman–Crippen LogP) is 5.01. The zero-order valence-electron chi connectivity index (χ0n) is 11.8. The van der Waals surface area contributed by atoms with Crippen molar-refractivity contribution >= 4 is 72.4 Å². The lowest BCUT2D eigenvalue weighted by Crippen LogP contribution is -2.34. The van der Waals surface area contributed by atoms with E-state index >= 15 is 0 Å². The number of phenolic OH excluding ortho intramolecular Hbond substituents is 1. The number of anilines is 1. The molecule has 0 aromatic heterocycles. The van der Waals surface area contributed by atoms with E-state index in [0.29, 0.717) is 26.3 Å². The Kier molecular flexibility index (Phi) is 6.02. The maximum Gasteiger partial charge on any atom is 0.258 e. The zero-order chi connectivity index (χ0) is 17.1. The number of hydrogen-bond acceptors (Lipinski definition) is 3. The summed E-state index contributed by atoms with van der Waals surface area (Å²) in [5, 5.41) is 15.6. The number of aromatic hydroxyl groups is 1. The maximum absolute atomic E-state index is 12.2. The molecule has 2 rings (SSSR count). The molecule has 0 fully saturated rings. The molecule has 0 heterocycles. The van der Waals surface area contributed by atoms with Gasteiger partial charge in [-0.25, -0.2) is 0 Å². The molecule has 2 aromatic carbocycles. The van der Waals surface area contributed by atoms with Crippen molar-refractivity contribution in [2.75, 3.05) is 5.32 Å². The molecule has 1 amide bonds. The first-order valence-corrected chi connectivity index (χ1v) is 8.71. The maximum atomic E-state index is 12.2. The first-order chi connectivity index (χ1) is 10.8. The average molecular weight is 479 g/mol. The van der Waals surface area contributed by atoms with Crippen molar-refractivity contribution in [1.29, 1.82) is 0 Å². The van der Waals surface area contributed by atoms with Crippen LogP contribution in [0.15, 0.2) is 39.3 Å². The Morgan fingerprint density at radius 2 is 1.96 bits per heavy atom. The standard InChI is InChI=1S/C15H11Br2ClN2O2S/c1-7-4-9(6-11(17)13(7)21)19-15(23)20-14(22)10-5-8(16)2-3-12(10)18/h2-6,21H,1H3,(H2,19,20,22,23). The van der Waals surface area contributed by atoms with Gasteiger partial charge in [0.25, 0.3) is 5.91 Å². The highest BCUT2D eigenvalue weighted by molar-refractivity contribution is 9.10. The molecule has 0 aliphatic carbocycles. The lowest BCUT2D eigenvalue weighted by Gasteiger charge is -2.12. The van der Waals surface area contributed by atoms with Gasteiger partial charge in [0.15, 0.2) is 5.11 Å². The number of phenols is 1. The second-order valence-corrected chi connectivity index (χ2v) is 7.24. The van der Waals surface area contributed by atoms with Gasteiger partial charge in [-0.3, -0.25) is 10.1 Å². The van der Waals surface area contributed by atoms with Crippen molar-refractivity contribution in [2.24, 2.45) is 0 Å². The van der Waals surface area contributed by atoms with Crippen molar-refractivity contribution in [2.45, 2.75) is 6.92 Å². The molecule has 0 saturated carbocycles. The molecule has 0 bridgehead atoms. The number of nitrogens with one attached hydrogen (secondary N) is 2. The summed E-state index contributed by atoms with van der Waals surface area (Å²) < 4.78 is 1.27. The minimum Gasteiger partial charge on any atom is -0.506 e. The highest BCUT2D eigenvalue weighted by Crippen LogP contribution is 2.30. The first kappa shape index (κ1) is 18.2. The molecule has 0 aliphatic heterocycles. The molecule has 120 valence electrons. The molecule has 4 nitrogen and oxygen atoms in total. The number of benzene rings is 2. The van der Waals surface area contributed by atoms with E-state index in [-0.39, 0.29) is 10.9 Å². The number of rotatable bonds is 2. The quantitative estimate of drug-likeness (QED) is 0.420. The van der Waals surface area contributed by atoms with Gasteiger partial charge in [-0.15, -0.1) is 0 Å². The predicted molar refractivity (Wildman–Crippen MR) is 103 cm³/mol. The van der Waals surface area contributed by atoms with Crippen molar-refractivity contribution in [3.05, 3.63) is 55.4 Å². The molecule has 0 atom stereocenters. The summed E-state index contributed by atoms with van der Waals surface area (Å²) >= 11 is 17.7. The Hall–Kier alpha value is -1.15. The third kappa shape index (κ3) is 4.67. The second-order valence-electron chi connectivity index (χ2n) is 4.66. The average Bonchev–Trinajstić information content (AvgIpc) is 2.46. The molecular formula is C15H11Br2ClN2O2S. The van der Waals surface area contributed by atoms with Gasteiger partial charge in [0, 0.05) is 10.2 Å². The van der Waals surface area contributed by atoms with Gasteiger partial charge in [-0.1, -0.05) is 27.5 Å². The molecule has 8 heteroatoms. The summed E-state index contributed by atoms with van der Waals surface area (Å²) in [6.07, 6.45) is 0. The second kappa shape index (κ2) is 7.61. The third-order valence-corrected chi connectivity index (χ3v) is 4.54. The minimum atomic E-state index is -0.414. The van der Waals surface area contributed by atoms with Crippen LogP contribution in [0, 0.1) is 6.92 Å². The highest BCUT2D eigenvalue weighted by Gasteiger charge is 2.13. The molecule has 0 spiro atoms. The van der Waals surface area contributed by atoms with Crippen LogP contribution in [0.2, 0.25) is 5.02 Å². The molecule has 0 saturated heterocycles. The zero-order valence-corrected chi connectivity index (χ0v) is 16.5. The molecule has 0 radical (unpaired) electrons. The van der Waals surface area contributed by atoms with Crippen molar-refractivity contribution in [3.8, 4) is 5.75 Å². The van der Waals surface area contributed by atoms with Crippen molar-refractivity contribution < 1.29 is 9.90 Å². The van der Waals surface area contributed by atoms with E-state index < -0.39 is 5.91 Å². The van der Waals surface area contributed by atoms with Crippen LogP contribution in [0.1, 0.15) is 15.9 Å². The van der Waals surface area contributed by atoms with E-state index in [4.69, 9.17) is 23.8 Å². The van der Waals surface area contributed by atoms with E-state index in [1.165, 1.54) is 0 Å². The number of thiocarbonyl (C=S) groups is 1. The smallest absolute Gasteiger partial charge is 0.258 e. The van der Waals surface area contributed by atoms with E-state index in [0.717, 1.165) is 4.47 Å². The Balaban J connectivity index is 2.10. The molecule has 2 aromatic rings. The number of halogens is 3. The monoisotopic (exact) mass is 476 g/mol. The van der Waals surface area contributed by atoms with Crippen molar-refractivity contribution in [1.82, 2.24) is 5.32 Å². The van der Waals surface area contributed by atoms with Crippen molar-refractivity contribution in [3.63, 3.8) is 0 Å². The third-order valence-electron chi connectivity index (χ3n) is 2.91. The highest BCUT2D eigenvalue weighted by atomic mass is 79.9. The Labute approximate surface area is 160 Å². The van der Waals surface area contributed by atoms with Crippen LogP contribution < -0.4 is 10.6 Å². The summed E-state index contributed by atoms with van der Waals surface area (Å²) in [7, 11) is 0. The van der Waals surface area contributed by atoms with Gasteiger partial charge in [-0.05, 0) is 71.0 Å². The summed E-state index contributed by atoms with van der Waals surface area (Å²) in [6, 6.07) is 8.35. The van der Waals surface area contributed by atoms with Gasteiger partial charge in [0.05, 0.1) is 15.1 Å². The Morgan fingerprint density at radius 1 is 1.26 bits per heavy atom. The first-order valence-electron chi connectivity index (χ1n) is 6.34. The van der Waals surface area contributed by atoms with Gasteiger partial charge in [-0.2, -0.15) is 0 Å². The summed E-state index contributed by atoms with van der Waals surface area (Å²) in [4.78, 5) is 12.2. The van der Waals surface area contributed by atoms with Crippen LogP contribution in [0.3, 0.4) is 0 Å². The van der Waals surface area contributed by atoms with Crippen LogP contribution in [-0.2, 0) is 0 Å². The van der Waals surface area contributed by atoms with Crippen LogP contribution >= 0.6 is 55.7 Å². The van der Waals surface area contributed by atoms with Gasteiger partial charge in [0.2, 0.25) is 0 Å². The molecule has 23 heavy (non-hydrogen) atoms. The fourth-order valence-corrected chi connectivity index (χ4v) is 3.15. The van der Waals surface area contributed by atoms with Crippen LogP contribution in [0.5, 0.6) is 5.75 Å². The fourth-order valence-electron chi connectivity index (χ4n) is 1.81. The van der Waals surface area contributed by atoms with E-state index in [2.05, 4.69) is 42.5 Å². The molecular weight excluding hydrogens is 468 g/mol. The van der Waals surface area contributed by atoms with Gasteiger partial charge in [0.1, 0.15) is 5.75 Å². The number of carbonyl (C=O) groups excluding carboxylic acids is 1. The largest absolute Gasteiger partial charge is 0.506 e. The lowest BCUT2D eigenvalue weighted by molar-refractivity contribution is 0.0978. The molecule has 0 aliphatic rings. The van der Waals surface area contributed by atoms with Gasteiger partial charge < -0.3 is 10.4 Å². The Bertz CT molecular complexity index is 776. The van der Waals surface area contributed by atoms with Crippen LogP contribution in [-0.4, -0.2) is 16.1 Å². The summed E-state index contributed by atoms with van der Waals surface area (Å²) in [5.74, 6) is -0.255. The SMILES string of the molecule is Cc1cc(NC(=S)NC(=O)c2cc(Br)ccc2Cl)cc(Br)c1O. The lowest BCUT2D eigenvalue weighted by atomic mass is 10.2. The normalized spacial score (nSPS) is 10.3. The minimum absolute atomic E-state index is 0.128. The van der Waals surface area contributed by atoms with Crippen LogP contribution in [0.25, 0.3) is 0 Å². The summed E-state index contributed by atoms with van der Waals surface area (Å²) in [6.45, 7) is 1.76. The Morgan fingerprint density at radius 3 is 2.61 bits per heavy atom. The number of amides is 1. The van der Waals surface area contributed by atoms with E-state index in [1.54, 1.807) is 37.3 Å².